The van der Waals surface area contributed by atoms with E-state index < -0.39 is 24.9 Å². The van der Waals surface area contributed by atoms with Gasteiger partial charge in [-0.3, -0.25) is 4.79 Å². The summed E-state index contributed by atoms with van der Waals surface area (Å²) in [6.07, 6.45) is -4.16. The molecule has 4 nitrogen and oxygen atoms in total. The second kappa shape index (κ2) is 8.26. The first-order chi connectivity index (χ1) is 11.4. The van der Waals surface area contributed by atoms with Gasteiger partial charge in [0.25, 0.3) is 0 Å². The van der Waals surface area contributed by atoms with Crippen molar-refractivity contribution in [2.24, 2.45) is 5.92 Å². The minimum atomic E-state index is -4.29. The number of alkyl halides is 3. The summed E-state index contributed by atoms with van der Waals surface area (Å²) >= 11 is 0. The lowest BCUT2D eigenvalue weighted by Gasteiger charge is -2.32. The summed E-state index contributed by atoms with van der Waals surface area (Å²) in [7, 11) is 1.57. The second-order valence-electron chi connectivity index (χ2n) is 5.95. The van der Waals surface area contributed by atoms with Crippen LogP contribution >= 0.6 is 0 Å². The van der Waals surface area contributed by atoms with Crippen LogP contribution in [0.2, 0.25) is 0 Å². The van der Waals surface area contributed by atoms with Crippen molar-refractivity contribution in [2.45, 2.75) is 31.9 Å². The molecule has 0 radical (unpaired) electrons. The summed E-state index contributed by atoms with van der Waals surface area (Å²) in [5.74, 6) is 1.06. The van der Waals surface area contributed by atoms with Crippen LogP contribution in [0.1, 0.15) is 25.7 Å². The summed E-state index contributed by atoms with van der Waals surface area (Å²) in [5, 5.41) is 0. The first-order valence-electron chi connectivity index (χ1n) is 7.99. The normalized spacial score (nSPS) is 18.3. The molecule has 134 valence electrons. The molecule has 1 aliphatic rings. The molecular weight excluding hydrogens is 323 g/mol. The molecule has 1 aliphatic heterocycles. The molecule has 1 saturated heterocycles. The fourth-order valence-electron chi connectivity index (χ4n) is 2.74. The molecule has 0 saturated carbocycles. The van der Waals surface area contributed by atoms with Crippen LogP contribution in [0.25, 0.3) is 0 Å². The van der Waals surface area contributed by atoms with Gasteiger partial charge >= 0.3 is 6.18 Å². The Morgan fingerprint density at radius 1 is 1.33 bits per heavy atom. The molecule has 1 heterocycles. The van der Waals surface area contributed by atoms with Crippen molar-refractivity contribution in [3.63, 3.8) is 0 Å². The Labute approximate surface area is 139 Å². The van der Waals surface area contributed by atoms with E-state index in [1.807, 2.05) is 18.2 Å². The summed E-state index contributed by atoms with van der Waals surface area (Å²) in [6, 6.07) is 7.23. The lowest BCUT2D eigenvalue weighted by molar-refractivity contribution is -0.150. The monoisotopic (exact) mass is 345 g/mol. The number of carbonyl (C=O) groups excluding carboxylic acids is 1. The van der Waals surface area contributed by atoms with Crippen LogP contribution in [0.5, 0.6) is 11.5 Å². The minimum absolute atomic E-state index is 0.125. The summed E-state index contributed by atoms with van der Waals surface area (Å²) in [4.78, 5) is 13.4. The highest BCUT2D eigenvalue weighted by molar-refractivity contribution is 5.76. The van der Waals surface area contributed by atoms with E-state index in [9.17, 15) is 18.0 Å². The Morgan fingerprint density at radius 3 is 2.79 bits per heavy atom. The highest BCUT2D eigenvalue weighted by atomic mass is 19.4. The maximum absolute atomic E-state index is 12.2. The molecule has 0 unspecified atom stereocenters. The highest BCUT2D eigenvalue weighted by Crippen LogP contribution is 2.25. The molecule has 0 aromatic heterocycles. The van der Waals surface area contributed by atoms with Crippen LogP contribution in [0, 0.1) is 5.92 Å². The van der Waals surface area contributed by atoms with E-state index in [1.165, 1.54) is 4.90 Å². The molecular formula is C17H22F3NO3. The van der Waals surface area contributed by atoms with Gasteiger partial charge in [-0.2, -0.15) is 13.2 Å². The van der Waals surface area contributed by atoms with Gasteiger partial charge in [0.15, 0.2) is 0 Å². The van der Waals surface area contributed by atoms with Gasteiger partial charge in [0.2, 0.25) is 5.91 Å². The van der Waals surface area contributed by atoms with Crippen LogP contribution in [0.15, 0.2) is 24.3 Å². The first kappa shape index (κ1) is 18.4. The standard InChI is InChI=1S/C17H22F3NO3/c1-23-14-5-2-6-15(10-14)24-12-13-4-3-9-21(11-13)16(22)7-8-17(18,19)20/h2,5-6,10,13H,3-4,7-9,11-12H2,1H3/t13-/m0/s1. The predicted molar refractivity (Wildman–Crippen MR) is 83.1 cm³/mol. The SMILES string of the molecule is COc1cccc(OC[C@H]2CCCN(C(=O)CCC(F)(F)F)C2)c1. The maximum atomic E-state index is 12.2. The Kier molecular flexibility index (Phi) is 6.34. The molecule has 1 aromatic carbocycles. The molecule has 0 bridgehead atoms. The lowest BCUT2D eigenvalue weighted by atomic mass is 9.98. The molecule has 1 aromatic rings. The van der Waals surface area contributed by atoms with Gasteiger partial charge in [0.1, 0.15) is 11.5 Å². The number of ether oxygens (including phenoxy) is 2. The Morgan fingerprint density at radius 2 is 2.08 bits per heavy atom. The summed E-state index contributed by atoms with van der Waals surface area (Å²) in [6.45, 7) is 1.39. The van der Waals surface area contributed by atoms with Gasteiger partial charge in [-0.15, -0.1) is 0 Å². The van der Waals surface area contributed by atoms with Gasteiger partial charge in [-0.05, 0) is 25.0 Å². The van der Waals surface area contributed by atoms with Crippen molar-refractivity contribution in [3.8, 4) is 11.5 Å². The highest BCUT2D eigenvalue weighted by Gasteiger charge is 2.30. The van der Waals surface area contributed by atoms with Gasteiger partial charge in [-0.25, -0.2) is 0 Å². The number of halogens is 3. The number of carbonyl (C=O) groups is 1. The molecule has 1 fully saturated rings. The third-order valence-electron chi connectivity index (χ3n) is 4.02. The number of hydrogen-bond donors (Lipinski definition) is 0. The number of piperidine rings is 1. The van der Waals surface area contributed by atoms with E-state index in [-0.39, 0.29) is 5.92 Å². The largest absolute Gasteiger partial charge is 0.497 e. The minimum Gasteiger partial charge on any atom is -0.497 e. The molecule has 0 N–H and O–H groups in total. The van der Waals surface area contributed by atoms with Gasteiger partial charge in [0.05, 0.1) is 20.1 Å². The predicted octanol–water partition coefficient (Wildman–Crippen LogP) is 3.66. The van der Waals surface area contributed by atoms with Crippen LogP contribution in [-0.2, 0) is 4.79 Å². The van der Waals surface area contributed by atoms with Crippen molar-refractivity contribution in [1.29, 1.82) is 0 Å². The van der Waals surface area contributed by atoms with E-state index in [4.69, 9.17) is 9.47 Å². The molecule has 24 heavy (non-hydrogen) atoms. The third-order valence-corrected chi connectivity index (χ3v) is 4.02. The van der Waals surface area contributed by atoms with E-state index in [2.05, 4.69) is 0 Å². The third kappa shape index (κ3) is 5.94. The number of methoxy groups -OCH3 is 1. The van der Waals surface area contributed by atoms with Crippen LogP contribution in [-0.4, -0.2) is 43.8 Å². The van der Waals surface area contributed by atoms with Crippen molar-refractivity contribution in [1.82, 2.24) is 4.90 Å². The van der Waals surface area contributed by atoms with E-state index in [1.54, 1.807) is 13.2 Å². The Balaban J connectivity index is 1.81. The number of rotatable bonds is 6. The average Bonchev–Trinajstić information content (AvgIpc) is 2.57. The molecule has 7 heteroatoms. The summed E-state index contributed by atoms with van der Waals surface area (Å²) < 4.78 is 47.5. The molecule has 1 amide bonds. The number of likely N-dealkylation sites (tertiary alicyclic amines) is 1. The Bertz CT molecular complexity index is 548. The number of hydrogen-bond acceptors (Lipinski definition) is 3. The van der Waals surface area contributed by atoms with Gasteiger partial charge in [-0.1, -0.05) is 6.07 Å². The first-order valence-corrected chi connectivity index (χ1v) is 7.99. The Hall–Kier alpha value is -1.92. The molecule has 1 atom stereocenters. The zero-order valence-corrected chi connectivity index (χ0v) is 13.6. The molecule has 2 rings (SSSR count). The van der Waals surface area contributed by atoms with E-state index >= 15 is 0 Å². The lowest BCUT2D eigenvalue weighted by Crippen LogP contribution is -2.41. The van der Waals surface area contributed by atoms with Crippen molar-refractivity contribution >= 4 is 5.91 Å². The topological polar surface area (TPSA) is 38.8 Å². The average molecular weight is 345 g/mol. The summed E-state index contributed by atoms with van der Waals surface area (Å²) in [5.41, 5.74) is 0. The van der Waals surface area contributed by atoms with Crippen molar-refractivity contribution in [3.05, 3.63) is 24.3 Å². The second-order valence-corrected chi connectivity index (χ2v) is 5.95. The van der Waals surface area contributed by atoms with Crippen LogP contribution in [0.4, 0.5) is 13.2 Å². The quantitative estimate of drug-likeness (QED) is 0.790. The number of nitrogens with zero attached hydrogens (tertiary/aromatic N) is 1. The van der Waals surface area contributed by atoms with E-state index in [0.29, 0.717) is 31.2 Å². The molecule has 0 spiro atoms. The van der Waals surface area contributed by atoms with Crippen molar-refractivity contribution < 1.29 is 27.4 Å². The maximum Gasteiger partial charge on any atom is 0.389 e. The smallest absolute Gasteiger partial charge is 0.389 e. The fourth-order valence-corrected chi connectivity index (χ4v) is 2.74. The number of amides is 1. The van der Waals surface area contributed by atoms with Gasteiger partial charge < -0.3 is 14.4 Å². The zero-order valence-electron chi connectivity index (χ0n) is 13.6. The zero-order chi connectivity index (χ0) is 17.6. The fraction of sp³-hybridized carbons (Fsp3) is 0.588. The van der Waals surface area contributed by atoms with Crippen LogP contribution in [0.3, 0.4) is 0 Å². The molecule has 0 aliphatic carbocycles. The van der Waals surface area contributed by atoms with E-state index in [0.717, 1.165) is 12.8 Å². The van der Waals surface area contributed by atoms with Crippen molar-refractivity contribution in [2.75, 3.05) is 26.8 Å². The van der Waals surface area contributed by atoms with Crippen LogP contribution < -0.4 is 9.47 Å². The number of benzene rings is 1. The van der Waals surface area contributed by atoms with Gasteiger partial charge in [0, 0.05) is 31.5 Å².